The molecule has 0 unspecified atom stereocenters. The Morgan fingerprint density at radius 1 is 0.547 bits per heavy atom. The molecule has 1 aromatic rings. The van der Waals surface area contributed by atoms with Crippen LogP contribution in [0.4, 0.5) is 0 Å². The normalized spacial score (nSPS) is 18.8. The molecule has 1 aliphatic rings. The van der Waals surface area contributed by atoms with Crippen LogP contribution in [0.2, 0.25) is 0 Å². The van der Waals surface area contributed by atoms with Gasteiger partial charge in [-0.3, -0.25) is 14.3 Å². The van der Waals surface area contributed by atoms with Gasteiger partial charge in [-0.1, -0.05) is 206 Å². The zero-order valence-electron chi connectivity index (χ0n) is 34.7. The van der Waals surface area contributed by atoms with Gasteiger partial charge in [0.15, 0.2) is 6.23 Å². The highest BCUT2D eigenvalue weighted by atomic mass is 16.6. The van der Waals surface area contributed by atoms with Crippen molar-refractivity contribution in [2.45, 2.75) is 244 Å². The number of hydrogen-bond acceptors (Lipinski definition) is 6. The maximum atomic E-state index is 12.4. The average molecular weight is 748 g/mol. The molecule has 4 atom stereocenters. The van der Waals surface area contributed by atoms with Crippen molar-refractivity contribution in [1.82, 2.24) is 14.5 Å². The summed E-state index contributed by atoms with van der Waals surface area (Å²) in [5.41, 5.74) is -1.15. The van der Waals surface area contributed by atoms with E-state index < -0.39 is 35.8 Å². The van der Waals surface area contributed by atoms with Gasteiger partial charge in [0.1, 0.15) is 18.3 Å². The van der Waals surface area contributed by atoms with Gasteiger partial charge in [0.2, 0.25) is 0 Å². The molecule has 0 amide bonds. The summed E-state index contributed by atoms with van der Waals surface area (Å²) in [6, 6.07) is 1.23. The van der Waals surface area contributed by atoms with Crippen LogP contribution in [0.5, 0.6) is 0 Å². The molecule has 8 nitrogen and oxygen atoms in total. The fourth-order valence-corrected chi connectivity index (χ4v) is 8.05. The molecule has 0 radical (unpaired) electrons. The first-order valence-corrected chi connectivity index (χ1v) is 23.0. The minimum Gasteiger partial charge on any atom is -0.387 e. The van der Waals surface area contributed by atoms with E-state index in [0.29, 0.717) is 6.54 Å². The molecule has 53 heavy (non-hydrogen) atoms. The molecule has 1 fully saturated rings. The van der Waals surface area contributed by atoms with Gasteiger partial charge in [-0.25, -0.2) is 4.79 Å². The summed E-state index contributed by atoms with van der Waals surface area (Å²) in [6.45, 7) is 6.98. The van der Waals surface area contributed by atoms with Gasteiger partial charge in [-0.15, -0.1) is 0 Å². The number of aromatic nitrogens is 2. The molecule has 0 saturated carbocycles. The SMILES string of the molecule is CCCCCCCCCCCCCCCCCCN(CCCCCCCCCCCCCCCCCC)C[C@H]1O[C@@H](n2ccc(=O)[nH]c2=O)[C@H](O)[C@@H]1O. The van der Waals surface area contributed by atoms with Crippen molar-refractivity contribution in [3.05, 3.63) is 33.1 Å². The summed E-state index contributed by atoms with van der Waals surface area (Å²) in [6.07, 6.45) is 40.6. The molecule has 1 saturated heterocycles. The minimum absolute atomic E-state index is 0.500. The number of ether oxygens (including phenoxy) is 1. The smallest absolute Gasteiger partial charge is 0.330 e. The molecule has 0 bridgehead atoms. The highest BCUT2D eigenvalue weighted by Gasteiger charge is 2.44. The van der Waals surface area contributed by atoms with Gasteiger partial charge in [0.05, 0.1) is 0 Å². The van der Waals surface area contributed by atoms with Gasteiger partial charge < -0.3 is 19.8 Å². The fourth-order valence-electron chi connectivity index (χ4n) is 8.05. The van der Waals surface area contributed by atoms with Gasteiger partial charge in [0, 0.05) is 18.8 Å². The van der Waals surface area contributed by atoms with E-state index in [-0.39, 0.29) is 0 Å². The lowest BCUT2D eigenvalue weighted by atomic mass is 10.0. The van der Waals surface area contributed by atoms with Crippen LogP contribution in [0.25, 0.3) is 0 Å². The Labute approximate surface area is 325 Å². The minimum atomic E-state index is -1.24. The number of aliphatic hydroxyl groups is 2. The monoisotopic (exact) mass is 748 g/mol. The van der Waals surface area contributed by atoms with E-state index in [0.717, 1.165) is 25.9 Å². The first kappa shape index (κ1) is 47.7. The van der Waals surface area contributed by atoms with Crippen LogP contribution in [0.3, 0.4) is 0 Å². The Hall–Kier alpha value is -1.48. The summed E-state index contributed by atoms with van der Waals surface area (Å²) in [5.74, 6) is 0. The highest BCUT2D eigenvalue weighted by molar-refractivity contribution is 4.94. The predicted octanol–water partition coefficient (Wildman–Crippen LogP) is 11.0. The molecular weight excluding hydrogens is 663 g/mol. The number of nitrogens with one attached hydrogen (secondary N) is 1. The summed E-state index contributed by atoms with van der Waals surface area (Å²) in [7, 11) is 0. The van der Waals surface area contributed by atoms with Crippen LogP contribution in [-0.2, 0) is 4.74 Å². The topological polar surface area (TPSA) is 108 Å². The number of H-pyrrole nitrogens is 1. The summed E-state index contributed by atoms with van der Waals surface area (Å²) in [4.78, 5) is 28.6. The number of unbranched alkanes of at least 4 members (excludes halogenated alkanes) is 30. The predicted molar refractivity (Wildman–Crippen MR) is 223 cm³/mol. The zero-order valence-corrected chi connectivity index (χ0v) is 34.7. The second-order valence-electron chi connectivity index (χ2n) is 16.5. The molecule has 310 valence electrons. The lowest BCUT2D eigenvalue weighted by molar-refractivity contribution is -0.0486. The Morgan fingerprint density at radius 2 is 0.887 bits per heavy atom. The van der Waals surface area contributed by atoms with Crippen LogP contribution in [0, 0.1) is 0 Å². The van der Waals surface area contributed by atoms with Crippen molar-refractivity contribution in [2.75, 3.05) is 19.6 Å². The summed E-state index contributed by atoms with van der Waals surface area (Å²) < 4.78 is 7.26. The second kappa shape index (κ2) is 32.7. The van der Waals surface area contributed by atoms with Crippen molar-refractivity contribution in [3.63, 3.8) is 0 Å². The van der Waals surface area contributed by atoms with Crippen molar-refractivity contribution < 1.29 is 14.9 Å². The lowest BCUT2D eigenvalue weighted by Crippen LogP contribution is -2.41. The third-order valence-electron chi connectivity index (χ3n) is 11.6. The number of aromatic amines is 1. The van der Waals surface area contributed by atoms with Crippen molar-refractivity contribution in [3.8, 4) is 0 Å². The van der Waals surface area contributed by atoms with E-state index in [2.05, 4.69) is 23.7 Å². The summed E-state index contributed by atoms with van der Waals surface area (Å²) >= 11 is 0. The molecular formula is C45H85N3O5. The molecule has 0 aromatic carbocycles. The first-order valence-electron chi connectivity index (χ1n) is 23.0. The number of rotatable bonds is 37. The van der Waals surface area contributed by atoms with Crippen molar-refractivity contribution in [1.29, 1.82) is 0 Å². The van der Waals surface area contributed by atoms with Gasteiger partial charge >= 0.3 is 5.69 Å². The maximum absolute atomic E-state index is 12.4. The van der Waals surface area contributed by atoms with Crippen LogP contribution >= 0.6 is 0 Å². The van der Waals surface area contributed by atoms with Crippen LogP contribution in [-0.4, -0.2) is 62.6 Å². The molecule has 3 N–H and O–H groups in total. The number of hydrogen-bond donors (Lipinski definition) is 3. The molecule has 2 heterocycles. The third-order valence-corrected chi connectivity index (χ3v) is 11.6. The van der Waals surface area contributed by atoms with Crippen LogP contribution in [0.15, 0.2) is 21.9 Å². The fraction of sp³-hybridized carbons (Fsp3) is 0.911. The Kier molecular flexibility index (Phi) is 29.4. The third kappa shape index (κ3) is 23.3. The number of nitrogens with zero attached hydrogens (tertiary/aromatic N) is 2. The van der Waals surface area contributed by atoms with Gasteiger partial charge in [-0.2, -0.15) is 0 Å². The quantitative estimate of drug-likeness (QED) is 0.0585. The van der Waals surface area contributed by atoms with E-state index in [1.165, 1.54) is 209 Å². The Morgan fingerprint density at radius 3 is 1.23 bits per heavy atom. The van der Waals surface area contributed by atoms with Crippen LogP contribution in [0.1, 0.15) is 226 Å². The second-order valence-corrected chi connectivity index (χ2v) is 16.5. The van der Waals surface area contributed by atoms with E-state index in [1.807, 2.05) is 0 Å². The molecule has 1 aromatic heterocycles. The average Bonchev–Trinajstić information content (AvgIpc) is 3.42. The molecule has 8 heteroatoms. The molecule has 1 aliphatic heterocycles. The Bertz CT molecular complexity index is 1040. The zero-order chi connectivity index (χ0) is 38.2. The summed E-state index contributed by atoms with van der Waals surface area (Å²) in [5, 5.41) is 21.7. The van der Waals surface area contributed by atoms with E-state index >= 15 is 0 Å². The first-order chi connectivity index (χ1) is 26.0. The van der Waals surface area contributed by atoms with E-state index in [1.54, 1.807) is 0 Å². The maximum Gasteiger partial charge on any atom is 0.330 e. The van der Waals surface area contributed by atoms with Crippen molar-refractivity contribution in [2.24, 2.45) is 0 Å². The number of aliphatic hydroxyl groups excluding tert-OH is 2. The molecule has 0 spiro atoms. The van der Waals surface area contributed by atoms with E-state index in [9.17, 15) is 19.8 Å². The van der Waals surface area contributed by atoms with E-state index in [4.69, 9.17) is 4.74 Å². The highest BCUT2D eigenvalue weighted by Crippen LogP contribution is 2.29. The Balaban J connectivity index is 1.64. The molecule has 0 aliphatic carbocycles. The van der Waals surface area contributed by atoms with Gasteiger partial charge in [0.25, 0.3) is 5.56 Å². The van der Waals surface area contributed by atoms with Crippen molar-refractivity contribution >= 4 is 0 Å². The molecule has 2 rings (SSSR count). The van der Waals surface area contributed by atoms with Gasteiger partial charge in [-0.05, 0) is 25.9 Å². The largest absolute Gasteiger partial charge is 0.387 e. The lowest BCUT2D eigenvalue weighted by Gasteiger charge is -2.27. The standard InChI is InChI=1S/C45H85N3O5/c1-3-5-7-9-11-13-15-17-19-21-23-25-27-29-31-33-36-47(37-34-32-30-28-26-24-22-20-18-16-14-12-10-8-6-4-2)39-40-42(50)43(51)44(53-40)48-38-35-41(49)46-45(48)52/h35,38,40,42-44,50-51H,3-34,36-37,39H2,1-2H3,(H,46,49,52)/t40-,42-,43-,44-/m1/s1. The van der Waals surface area contributed by atoms with Crippen LogP contribution < -0.4 is 11.2 Å².